The topological polar surface area (TPSA) is 87.9 Å². The van der Waals surface area contributed by atoms with E-state index in [2.05, 4.69) is 17.3 Å². The van der Waals surface area contributed by atoms with Crippen LogP contribution in [-0.2, 0) is 9.53 Å². The van der Waals surface area contributed by atoms with Crippen LogP contribution in [0.25, 0.3) is 0 Å². The molecule has 7 heteroatoms. The number of likely N-dealkylation sites (N-methyl/N-ethyl adjacent to an activating group) is 2. The van der Waals surface area contributed by atoms with E-state index in [4.69, 9.17) is 10.5 Å². The van der Waals surface area contributed by atoms with E-state index in [1.54, 1.807) is 24.3 Å². The summed E-state index contributed by atoms with van der Waals surface area (Å²) in [5, 5.41) is 2.80. The summed E-state index contributed by atoms with van der Waals surface area (Å²) in [5.74, 6) is -0.158. The van der Waals surface area contributed by atoms with E-state index in [9.17, 15) is 9.59 Å². The highest BCUT2D eigenvalue weighted by Crippen LogP contribution is 2.17. The first-order valence-corrected chi connectivity index (χ1v) is 9.03. The third-order valence-corrected chi connectivity index (χ3v) is 4.89. The second kappa shape index (κ2) is 9.66. The Hall–Kier alpha value is -1.96. The molecule has 1 saturated heterocycles. The summed E-state index contributed by atoms with van der Waals surface area (Å²) in [6.07, 6.45) is 2.04. The Morgan fingerprint density at radius 2 is 2.08 bits per heavy atom. The molecule has 1 heterocycles. The second-order valence-corrected chi connectivity index (χ2v) is 6.90. The molecule has 3 N–H and O–H groups in total. The lowest BCUT2D eigenvalue weighted by atomic mass is 10.0. The zero-order chi connectivity index (χ0) is 19.1. The van der Waals surface area contributed by atoms with Crippen LogP contribution in [-0.4, -0.2) is 74.6 Å². The van der Waals surface area contributed by atoms with Crippen molar-refractivity contribution in [2.24, 2.45) is 5.73 Å². The molecule has 0 saturated carbocycles. The van der Waals surface area contributed by atoms with Crippen LogP contribution in [0.15, 0.2) is 24.3 Å². The number of piperidine rings is 1. The van der Waals surface area contributed by atoms with Gasteiger partial charge in [-0.25, -0.2) is 0 Å². The molecule has 0 aromatic heterocycles. The second-order valence-electron chi connectivity index (χ2n) is 6.90. The summed E-state index contributed by atoms with van der Waals surface area (Å²) in [6, 6.07) is 7.23. The average Bonchev–Trinajstić information content (AvgIpc) is 2.65. The van der Waals surface area contributed by atoms with Gasteiger partial charge in [0.15, 0.2) is 0 Å². The molecule has 26 heavy (non-hydrogen) atoms. The number of hydrogen-bond acceptors (Lipinski definition) is 5. The molecule has 2 unspecified atom stereocenters. The van der Waals surface area contributed by atoms with Crippen molar-refractivity contribution in [3.05, 3.63) is 29.8 Å². The third kappa shape index (κ3) is 5.52. The van der Waals surface area contributed by atoms with Gasteiger partial charge in [-0.2, -0.15) is 0 Å². The van der Waals surface area contributed by atoms with Crippen LogP contribution in [0.4, 0.5) is 5.69 Å². The standard InChI is InChI=1S/C19H30N4O3/c1-22-10-4-5-16(13-22)23(2)19(25)14-6-8-15(9-7-14)21-18(24)11-17(12-20)26-3/h6-9,16-17H,4-5,10-13,20H2,1-3H3,(H,21,24). The number of nitrogens with one attached hydrogen (secondary N) is 1. The van der Waals surface area contributed by atoms with Crippen LogP contribution in [0, 0.1) is 0 Å². The van der Waals surface area contributed by atoms with Gasteiger partial charge in [-0.15, -0.1) is 0 Å². The summed E-state index contributed by atoms with van der Waals surface area (Å²) < 4.78 is 5.11. The molecule has 144 valence electrons. The predicted octanol–water partition coefficient (Wildman–Crippen LogP) is 1.16. The molecule has 0 spiro atoms. The lowest BCUT2D eigenvalue weighted by Gasteiger charge is -2.35. The van der Waals surface area contributed by atoms with Gasteiger partial charge >= 0.3 is 0 Å². The summed E-state index contributed by atoms with van der Waals surface area (Å²) in [5.41, 5.74) is 6.80. The fourth-order valence-corrected chi connectivity index (χ4v) is 3.20. The van der Waals surface area contributed by atoms with Gasteiger partial charge in [-0.05, 0) is 50.7 Å². The number of carbonyl (C=O) groups excluding carboxylic acids is 2. The maximum atomic E-state index is 12.7. The van der Waals surface area contributed by atoms with Crippen LogP contribution in [0.3, 0.4) is 0 Å². The maximum absolute atomic E-state index is 12.7. The fraction of sp³-hybridized carbons (Fsp3) is 0.579. The minimum Gasteiger partial charge on any atom is -0.380 e. The zero-order valence-corrected chi connectivity index (χ0v) is 15.9. The molecule has 0 radical (unpaired) electrons. The fourth-order valence-electron chi connectivity index (χ4n) is 3.20. The number of rotatable bonds is 7. The first-order valence-electron chi connectivity index (χ1n) is 9.03. The van der Waals surface area contributed by atoms with Gasteiger partial charge in [0.1, 0.15) is 0 Å². The maximum Gasteiger partial charge on any atom is 0.253 e. The number of amides is 2. The van der Waals surface area contributed by atoms with Gasteiger partial charge in [0.25, 0.3) is 5.91 Å². The van der Waals surface area contributed by atoms with E-state index in [0.717, 1.165) is 25.9 Å². The van der Waals surface area contributed by atoms with Gasteiger partial charge < -0.3 is 25.6 Å². The van der Waals surface area contributed by atoms with Crippen molar-refractivity contribution in [2.75, 3.05) is 46.2 Å². The highest BCUT2D eigenvalue weighted by atomic mass is 16.5. The molecule has 2 atom stereocenters. The molecule has 1 aliphatic rings. The quantitative estimate of drug-likeness (QED) is 0.760. The van der Waals surface area contributed by atoms with Crippen LogP contribution in [0.2, 0.25) is 0 Å². The number of nitrogens with zero attached hydrogens (tertiary/aromatic N) is 2. The molecule has 0 bridgehead atoms. The number of ether oxygens (including phenoxy) is 1. The minimum absolute atomic E-state index is 0.00533. The predicted molar refractivity (Wildman–Crippen MR) is 102 cm³/mol. The van der Waals surface area contributed by atoms with Crippen molar-refractivity contribution < 1.29 is 14.3 Å². The number of likely N-dealkylation sites (tertiary alicyclic amines) is 1. The van der Waals surface area contributed by atoms with E-state index < -0.39 is 0 Å². The van der Waals surface area contributed by atoms with Crippen LogP contribution in [0.5, 0.6) is 0 Å². The molecular weight excluding hydrogens is 332 g/mol. The van der Waals surface area contributed by atoms with Gasteiger partial charge in [-0.3, -0.25) is 9.59 Å². The van der Waals surface area contributed by atoms with Crippen molar-refractivity contribution in [1.82, 2.24) is 9.80 Å². The Morgan fingerprint density at radius 3 is 2.65 bits per heavy atom. The molecule has 1 aromatic rings. The smallest absolute Gasteiger partial charge is 0.253 e. The molecule has 1 fully saturated rings. The van der Waals surface area contributed by atoms with Crippen molar-refractivity contribution in [2.45, 2.75) is 31.4 Å². The molecule has 7 nitrogen and oxygen atoms in total. The van der Waals surface area contributed by atoms with Crippen molar-refractivity contribution in [3.8, 4) is 0 Å². The summed E-state index contributed by atoms with van der Waals surface area (Å²) in [4.78, 5) is 28.8. The van der Waals surface area contributed by atoms with Crippen molar-refractivity contribution in [1.29, 1.82) is 0 Å². The van der Waals surface area contributed by atoms with Crippen LogP contribution in [0.1, 0.15) is 29.6 Å². The van der Waals surface area contributed by atoms with Gasteiger partial charge in [-0.1, -0.05) is 0 Å². The van der Waals surface area contributed by atoms with Gasteiger partial charge in [0.05, 0.1) is 12.5 Å². The summed E-state index contributed by atoms with van der Waals surface area (Å²) in [7, 11) is 5.48. The molecule has 1 aromatic carbocycles. The molecule has 1 aliphatic heterocycles. The first kappa shape index (κ1) is 20.4. The lowest BCUT2D eigenvalue weighted by Crippen LogP contribution is -2.47. The van der Waals surface area contributed by atoms with E-state index in [-0.39, 0.29) is 30.4 Å². The largest absolute Gasteiger partial charge is 0.380 e. The lowest BCUT2D eigenvalue weighted by molar-refractivity contribution is -0.118. The first-order chi connectivity index (χ1) is 12.4. The zero-order valence-electron chi connectivity index (χ0n) is 15.9. The van der Waals surface area contributed by atoms with E-state index in [1.807, 2.05) is 11.9 Å². The third-order valence-electron chi connectivity index (χ3n) is 4.89. The van der Waals surface area contributed by atoms with Crippen LogP contribution < -0.4 is 11.1 Å². The number of benzene rings is 1. The highest BCUT2D eigenvalue weighted by Gasteiger charge is 2.25. The van der Waals surface area contributed by atoms with E-state index in [1.165, 1.54) is 7.11 Å². The van der Waals surface area contributed by atoms with E-state index in [0.29, 0.717) is 17.8 Å². The monoisotopic (exact) mass is 362 g/mol. The molecule has 2 amide bonds. The molecule has 2 rings (SSSR count). The normalized spacial score (nSPS) is 19.0. The van der Waals surface area contributed by atoms with Gasteiger partial charge in [0, 0.05) is 44.5 Å². The highest BCUT2D eigenvalue weighted by molar-refractivity contribution is 5.96. The van der Waals surface area contributed by atoms with Gasteiger partial charge in [0.2, 0.25) is 5.91 Å². The van der Waals surface area contributed by atoms with E-state index >= 15 is 0 Å². The minimum atomic E-state index is -0.293. The number of methoxy groups -OCH3 is 1. The summed E-state index contributed by atoms with van der Waals surface area (Å²) >= 11 is 0. The molecular formula is C19H30N4O3. The SMILES string of the molecule is COC(CN)CC(=O)Nc1ccc(C(=O)N(C)C2CCCN(C)C2)cc1. The number of nitrogens with two attached hydrogens (primary N) is 1. The Bertz CT molecular complexity index is 601. The Morgan fingerprint density at radius 1 is 1.38 bits per heavy atom. The Kier molecular flexibility index (Phi) is 7.56. The van der Waals surface area contributed by atoms with Crippen molar-refractivity contribution >= 4 is 17.5 Å². The Balaban J connectivity index is 1.93. The summed E-state index contributed by atoms with van der Waals surface area (Å²) in [6.45, 7) is 2.28. The Labute approximate surface area is 155 Å². The van der Waals surface area contributed by atoms with Crippen molar-refractivity contribution in [3.63, 3.8) is 0 Å². The number of hydrogen-bond donors (Lipinski definition) is 2. The molecule has 0 aliphatic carbocycles. The number of anilines is 1. The van der Waals surface area contributed by atoms with Crippen LogP contribution >= 0.6 is 0 Å². The average molecular weight is 362 g/mol. The number of carbonyl (C=O) groups is 2.